The Labute approximate surface area is 226 Å². The van der Waals surface area contributed by atoms with Gasteiger partial charge in [-0.1, -0.05) is 6.92 Å². The van der Waals surface area contributed by atoms with Crippen LogP contribution >= 0.6 is 0 Å². The average molecular weight is 537 g/mol. The summed E-state index contributed by atoms with van der Waals surface area (Å²) in [6.07, 6.45) is 4.34. The predicted molar refractivity (Wildman–Crippen MR) is 143 cm³/mol. The van der Waals surface area contributed by atoms with Crippen LogP contribution in [0.15, 0.2) is 36.7 Å². The van der Waals surface area contributed by atoms with Crippen LogP contribution in [0.3, 0.4) is 0 Å². The monoisotopic (exact) mass is 536 g/mol. The van der Waals surface area contributed by atoms with Gasteiger partial charge in [-0.3, -0.25) is 14.6 Å². The number of nitriles is 1. The Morgan fingerprint density at radius 1 is 1.26 bits per heavy atom. The van der Waals surface area contributed by atoms with Gasteiger partial charge in [0.1, 0.15) is 18.3 Å². The van der Waals surface area contributed by atoms with Gasteiger partial charge in [-0.05, 0) is 63.8 Å². The number of aromatic nitrogens is 3. The highest BCUT2D eigenvalue weighted by molar-refractivity contribution is 6.00. The van der Waals surface area contributed by atoms with Crippen LogP contribution in [0.25, 0.3) is 16.9 Å². The highest BCUT2D eigenvalue weighted by atomic mass is 19.1. The molecule has 0 radical (unpaired) electrons. The minimum Gasteiger partial charge on any atom is -0.462 e. The number of aliphatic hydroxyl groups is 1. The Morgan fingerprint density at radius 3 is 2.67 bits per heavy atom. The van der Waals surface area contributed by atoms with Crippen molar-refractivity contribution in [2.45, 2.75) is 76.8 Å². The molecule has 1 amide bonds. The number of carbonyl (C=O) groups is 2. The largest absolute Gasteiger partial charge is 0.462 e. The van der Waals surface area contributed by atoms with Crippen molar-refractivity contribution in [3.05, 3.63) is 47.8 Å². The van der Waals surface area contributed by atoms with E-state index < -0.39 is 17.7 Å². The Bertz CT molecular complexity index is 1380. The van der Waals surface area contributed by atoms with Crippen LogP contribution in [0.1, 0.15) is 68.8 Å². The first-order chi connectivity index (χ1) is 18.6. The molecule has 206 valence electrons. The summed E-state index contributed by atoms with van der Waals surface area (Å²) in [7, 11) is 0. The molecule has 0 bridgehead atoms. The van der Waals surface area contributed by atoms with Gasteiger partial charge in [-0.2, -0.15) is 10.4 Å². The van der Waals surface area contributed by atoms with E-state index in [4.69, 9.17) is 4.74 Å². The second kappa shape index (κ2) is 11.8. The van der Waals surface area contributed by atoms with Gasteiger partial charge in [0.2, 0.25) is 0 Å². The number of nitrogens with one attached hydrogen (secondary N) is 2. The van der Waals surface area contributed by atoms with Crippen LogP contribution in [-0.4, -0.2) is 62.0 Å². The molecule has 3 N–H and O–H groups in total. The van der Waals surface area contributed by atoms with Crippen molar-refractivity contribution in [1.29, 1.82) is 5.26 Å². The molecule has 1 aliphatic rings. The molecule has 1 fully saturated rings. The molecule has 4 rings (SSSR count). The molecule has 39 heavy (non-hydrogen) atoms. The standard InChI is InChI=1S/C28H33FN6O4/c1-4-26(36)39-20-8-5-18(6-9-20)34-22-12-23(24-10-7-19-11-17(13-30)14-33-35(19)24)31-15-21(22)27(37)32-16-25(29)28(2,3)38/h7,10-12,14-15,18,20,25,38H,4-6,8-9,16H2,1-3H3,(H,31,34)(H,32,37)/t18?,20?,25-/m1/s1. The summed E-state index contributed by atoms with van der Waals surface area (Å²) in [6, 6.07) is 9.23. The molecule has 3 aromatic rings. The van der Waals surface area contributed by atoms with Crippen molar-refractivity contribution >= 4 is 23.1 Å². The Kier molecular flexibility index (Phi) is 8.45. The van der Waals surface area contributed by atoms with Crippen molar-refractivity contribution < 1.29 is 23.8 Å². The summed E-state index contributed by atoms with van der Waals surface area (Å²) in [5.74, 6) is -0.734. The lowest BCUT2D eigenvalue weighted by Gasteiger charge is -2.30. The van der Waals surface area contributed by atoms with E-state index in [1.54, 1.807) is 23.6 Å². The van der Waals surface area contributed by atoms with Crippen molar-refractivity contribution in [2.75, 3.05) is 11.9 Å². The Hall–Kier alpha value is -4.04. The van der Waals surface area contributed by atoms with Crippen molar-refractivity contribution in [3.8, 4) is 17.5 Å². The van der Waals surface area contributed by atoms with Crippen molar-refractivity contribution in [3.63, 3.8) is 0 Å². The third kappa shape index (κ3) is 6.70. The van der Waals surface area contributed by atoms with Gasteiger partial charge in [0.05, 0.1) is 52.1 Å². The number of carbonyl (C=O) groups excluding carboxylic acids is 2. The zero-order chi connectivity index (χ0) is 28.2. The van der Waals surface area contributed by atoms with Gasteiger partial charge in [-0.15, -0.1) is 0 Å². The fourth-order valence-corrected chi connectivity index (χ4v) is 4.49. The van der Waals surface area contributed by atoms with Crippen molar-refractivity contribution in [2.24, 2.45) is 0 Å². The van der Waals surface area contributed by atoms with Crippen LogP contribution in [0.2, 0.25) is 0 Å². The number of ether oxygens (including phenoxy) is 1. The van der Waals surface area contributed by atoms with E-state index in [9.17, 15) is 24.3 Å². The summed E-state index contributed by atoms with van der Waals surface area (Å²) in [5, 5.41) is 29.4. The lowest BCUT2D eigenvalue weighted by atomic mass is 9.92. The van der Waals surface area contributed by atoms with Crippen LogP contribution < -0.4 is 10.6 Å². The zero-order valence-electron chi connectivity index (χ0n) is 22.3. The molecule has 0 aliphatic heterocycles. The van der Waals surface area contributed by atoms with Crippen LogP contribution in [0.5, 0.6) is 0 Å². The number of rotatable bonds is 9. The number of fused-ring (bicyclic) bond motifs is 1. The summed E-state index contributed by atoms with van der Waals surface area (Å²) < 4.78 is 21.4. The molecule has 0 aromatic carbocycles. The topological polar surface area (TPSA) is 142 Å². The van der Waals surface area contributed by atoms with Crippen molar-refractivity contribution in [1.82, 2.24) is 19.9 Å². The zero-order valence-corrected chi connectivity index (χ0v) is 22.3. The number of nitrogens with zero attached hydrogens (tertiary/aromatic N) is 4. The van der Waals surface area contributed by atoms with E-state index >= 15 is 0 Å². The lowest BCUT2D eigenvalue weighted by Crippen LogP contribution is -2.42. The third-order valence-electron chi connectivity index (χ3n) is 6.87. The number of pyridine rings is 1. The van der Waals surface area contributed by atoms with E-state index in [2.05, 4.69) is 26.8 Å². The van der Waals surface area contributed by atoms with Gasteiger partial charge in [0, 0.05) is 18.7 Å². The molecule has 3 aromatic heterocycles. The molecule has 1 atom stereocenters. The summed E-state index contributed by atoms with van der Waals surface area (Å²) in [4.78, 5) is 29.2. The average Bonchev–Trinajstić information content (AvgIpc) is 3.35. The molecule has 10 nitrogen and oxygen atoms in total. The molecular formula is C28H33FN6O4. The first kappa shape index (κ1) is 28.0. The lowest BCUT2D eigenvalue weighted by molar-refractivity contribution is -0.150. The quantitative estimate of drug-likeness (QED) is 0.351. The molecular weight excluding hydrogens is 503 g/mol. The third-order valence-corrected chi connectivity index (χ3v) is 6.87. The number of hydrogen-bond acceptors (Lipinski definition) is 8. The van der Waals surface area contributed by atoms with Crippen LogP contribution in [-0.2, 0) is 9.53 Å². The summed E-state index contributed by atoms with van der Waals surface area (Å²) in [5.41, 5.74) is 1.55. The normalized spacial score (nSPS) is 18.3. The van der Waals surface area contributed by atoms with E-state index in [-0.39, 0.29) is 30.2 Å². The second-order valence-corrected chi connectivity index (χ2v) is 10.3. The first-order valence-corrected chi connectivity index (χ1v) is 13.1. The number of halogens is 1. The minimum atomic E-state index is -1.65. The first-order valence-electron chi connectivity index (χ1n) is 13.1. The number of esters is 1. The van der Waals surface area contributed by atoms with Gasteiger partial charge >= 0.3 is 5.97 Å². The fraction of sp³-hybridized carbons (Fsp3) is 0.464. The van der Waals surface area contributed by atoms with E-state index in [1.807, 2.05) is 12.1 Å². The minimum absolute atomic E-state index is 0.0223. The highest BCUT2D eigenvalue weighted by Crippen LogP contribution is 2.29. The SMILES string of the molecule is CCC(=O)OC1CCC(Nc2cc(-c3ccc4cc(C#N)cnn34)ncc2C(=O)NC[C@@H](F)C(C)(C)O)CC1. The summed E-state index contributed by atoms with van der Waals surface area (Å²) in [6.45, 7) is 4.10. The number of anilines is 1. The van der Waals surface area contributed by atoms with E-state index in [0.29, 0.717) is 41.9 Å². The fourth-order valence-electron chi connectivity index (χ4n) is 4.49. The Morgan fingerprint density at radius 2 is 2.00 bits per heavy atom. The number of amides is 1. The maximum atomic E-state index is 14.3. The number of hydrogen-bond donors (Lipinski definition) is 3. The van der Waals surface area contributed by atoms with Gasteiger partial charge in [0.15, 0.2) is 0 Å². The van der Waals surface area contributed by atoms with E-state index in [0.717, 1.165) is 18.4 Å². The summed E-state index contributed by atoms with van der Waals surface area (Å²) >= 11 is 0. The van der Waals surface area contributed by atoms with Crippen LogP contribution in [0, 0.1) is 11.3 Å². The maximum Gasteiger partial charge on any atom is 0.305 e. The molecule has 0 unspecified atom stereocenters. The smallest absolute Gasteiger partial charge is 0.305 e. The van der Waals surface area contributed by atoms with E-state index in [1.165, 1.54) is 26.2 Å². The molecule has 1 aliphatic carbocycles. The van der Waals surface area contributed by atoms with Gasteiger partial charge < -0.3 is 20.5 Å². The molecule has 0 spiro atoms. The molecule has 3 heterocycles. The predicted octanol–water partition coefficient (Wildman–Crippen LogP) is 3.78. The maximum absolute atomic E-state index is 14.3. The van der Waals surface area contributed by atoms with Crippen LogP contribution in [0.4, 0.5) is 10.1 Å². The molecule has 1 saturated carbocycles. The molecule has 0 saturated heterocycles. The van der Waals surface area contributed by atoms with Gasteiger partial charge in [-0.25, -0.2) is 8.91 Å². The number of alkyl halides is 1. The highest BCUT2D eigenvalue weighted by Gasteiger charge is 2.28. The Balaban J connectivity index is 1.59. The van der Waals surface area contributed by atoms with Gasteiger partial charge in [0.25, 0.3) is 5.91 Å². The molecule has 11 heteroatoms. The second-order valence-electron chi connectivity index (χ2n) is 10.3.